The van der Waals surface area contributed by atoms with Crippen LogP contribution in [-0.2, 0) is 5.41 Å². The van der Waals surface area contributed by atoms with Crippen LogP contribution in [0, 0.1) is 0 Å². The highest BCUT2D eigenvalue weighted by Gasteiger charge is 2.41. The van der Waals surface area contributed by atoms with E-state index in [1.54, 1.807) is 11.1 Å². The molecular weight excluding hydrogens is 218 g/mol. The van der Waals surface area contributed by atoms with Gasteiger partial charge < -0.3 is 5.32 Å². The zero-order valence-corrected chi connectivity index (χ0v) is 12.1. The Bertz CT molecular complexity index is 450. The fraction of sp³-hybridized carbons (Fsp3) is 0.529. The molecule has 1 aliphatic heterocycles. The maximum atomic E-state index is 3.48. The Morgan fingerprint density at radius 1 is 1.00 bits per heavy atom. The number of benzene rings is 1. The van der Waals surface area contributed by atoms with E-state index in [1.807, 2.05) is 13.8 Å². The Balaban J connectivity index is 0.000000574. The van der Waals surface area contributed by atoms with Gasteiger partial charge in [0, 0.05) is 5.41 Å². The Hall–Kier alpha value is -1.08. The van der Waals surface area contributed by atoms with Gasteiger partial charge in [-0.05, 0) is 56.5 Å². The minimum Gasteiger partial charge on any atom is -0.317 e. The molecule has 0 bridgehead atoms. The van der Waals surface area contributed by atoms with Gasteiger partial charge in [0.25, 0.3) is 0 Å². The van der Waals surface area contributed by atoms with E-state index in [0.717, 1.165) is 13.1 Å². The summed E-state index contributed by atoms with van der Waals surface area (Å²) in [5.41, 5.74) is 6.53. The lowest BCUT2D eigenvalue weighted by Gasteiger charge is -2.37. The first-order valence-electron chi connectivity index (χ1n) is 7.24. The Morgan fingerprint density at radius 2 is 1.61 bits per heavy atom. The van der Waals surface area contributed by atoms with E-state index in [0.29, 0.717) is 5.41 Å². The van der Waals surface area contributed by atoms with Crippen LogP contribution in [-0.4, -0.2) is 13.1 Å². The van der Waals surface area contributed by atoms with E-state index in [9.17, 15) is 0 Å². The van der Waals surface area contributed by atoms with Crippen LogP contribution in [0.1, 0.15) is 51.7 Å². The highest BCUT2D eigenvalue weighted by Crippen LogP contribution is 2.50. The van der Waals surface area contributed by atoms with Gasteiger partial charge >= 0.3 is 0 Å². The molecule has 0 atom stereocenters. The number of allylic oxidation sites excluding steroid dienone is 2. The third kappa shape index (κ3) is 1.81. The van der Waals surface area contributed by atoms with Gasteiger partial charge in [-0.25, -0.2) is 0 Å². The monoisotopic (exact) mass is 243 g/mol. The average Bonchev–Trinajstić information content (AvgIpc) is 2.66. The van der Waals surface area contributed by atoms with Crippen molar-refractivity contribution in [1.29, 1.82) is 0 Å². The van der Waals surface area contributed by atoms with Gasteiger partial charge in [0.05, 0.1) is 0 Å². The van der Waals surface area contributed by atoms with Gasteiger partial charge in [0.1, 0.15) is 0 Å². The van der Waals surface area contributed by atoms with Crippen molar-refractivity contribution in [3.63, 3.8) is 0 Å². The molecule has 1 aliphatic carbocycles. The van der Waals surface area contributed by atoms with Crippen LogP contribution in [0.5, 0.6) is 0 Å². The largest absolute Gasteiger partial charge is 0.317 e. The standard InChI is InChI=1S/C15H19N.C2H6/c1-11-12(2)15(7-9-16-10-8-15)14-6-4-3-5-13(11)14;1-2/h3-6,16H,7-10H2,1-2H3;1-2H3. The van der Waals surface area contributed by atoms with E-state index >= 15 is 0 Å². The molecule has 1 aromatic rings. The fourth-order valence-electron chi connectivity index (χ4n) is 3.49. The summed E-state index contributed by atoms with van der Waals surface area (Å²) < 4.78 is 0. The number of nitrogens with one attached hydrogen (secondary N) is 1. The number of fused-ring (bicyclic) bond motifs is 2. The second kappa shape index (κ2) is 5.27. The maximum Gasteiger partial charge on any atom is 0.0195 e. The Labute approximate surface area is 111 Å². The molecule has 98 valence electrons. The molecule has 1 heterocycles. The summed E-state index contributed by atoms with van der Waals surface area (Å²) in [6.07, 6.45) is 2.51. The number of rotatable bonds is 0. The van der Waals surface area contributed by atoms with Crippen LogP contribution in [0.4, 0.5) is 0 Å². The van der Waals surface area contributed by atoms with E-state index in [2.05, 4.69) is 43.4 Å². The smallest absolute Gasteiger partial charge is 0.0195 e. The summed E-state index contributed by atoms with van der Waals surface area (Å²) in [6, 6.07) is 8.97. The van der Waals surface area contributed by atoms with Crippen LogP contribution in [0.3, 0.4) is 0 Å². The summed E-state index contributed by atoms with van der Waals surface area (Å²) in [7, 11) is 0. The molecule has 1 fully saturated rings. The first-order chi connectivity index (χ1) is 8.76. The van der Waals surface area contributed by atoms with Crippen molar-refractivity contribution in [3.05, 3.63) is 41.0 Å². The van der Waals surface area contributed by atoms with Gasteiger partial charge in [-0.3, -0.25) is 0 Å². The predicted octanol–water partition coefficient (Wildman–Crippen LogP) is 4.14. The first-order valence-corrected chi connectivity index (χ1v) is 7.24. The van der Waals surface area contributed by atoms with Gasteiger partial charge in [-0.1, -0.05) is 43.7 Å². The summed E-state index contributed by atoms with van der Waals surface area (Å²) in [5, 5.41) is 3.48. The fourth-order valence-corrected chi connectivity index (χ4v) is 3.49. The maximum absolute atomic E-state index is 3.48. The van der Waals surface area contributed by atoms with Crippen LogP contribution in [0.25, 0.3) is 5.57 Å². The lowest BCUT2D eigenvalue weighted by atomic mass is 9.71. The average molecular weight is 243 g/mol. The van der Waals surface area contributed by atoms with E-state index in [4.69, 9.17) is 0 Å². The molecule has 1 aromatic carbocycles. The second-order valence-corrected chi connectivity index (χ2v) is 5.13. The topological polar surface area (TPSA) is 12.0 Å². The normalized spacial score (nSPS) is 20.4. The quantitative estimate of drug-likeness (QED) is 0.722. The molecule has 2 aliphatic rings. The highest BCUT2D eigenvalue weighted by atomic mass is 14.9. The van der Waals surface area contributed by atoms with Gasteiger partial charge in [-0.2, -0.15) is 0 Å². The van der Waals surface area contributed by atoms with Crippen LogP contribution in [0.2, 0.25) is 0 Å². The Morgan fingerprint density at radius 3 is 2.28 bits per heavy atom. The minimum absolute atomic E-state index is 0.353. The van der Waals surface area contributed by atoms with Crippen molar-refractivity contribution in [2.24, 2.45) is 0 Å². The predicted molar refractivity (Wildman–Crippen MR) is 79.8 cm³/mol. The van der Waals surface area contributed by atoms with Crippen LogP contribution < -0.4 is 5.32 Å². The number of hydrogen-bond acceptors (Lipinski definition) is 1. The van der Waals surface area contributed by atoms with Crippen molar-refractivity contribution in [3.8, 4) is 0 Å². The zero-order valence-electron chi connectivity index (χ0n) is 12.1. The molecule has 1 nitrogen and oxygen atoms in total. The summed E-state index contributed by atoms with van der Waals surface area (Å²) >= 11 is 0. The molecule has 1 N–H and O–H groups in total. The van der Waals surface area contributed by atoms with Crippen molar-refractivity contribution in [2.75, 3.05) is 13.1 Å². The Kier molecular flexibility index (Phi) is 3.91. The third-order valence-electron chi connectivity index (χ3n) is 4.58. The molecule has 0 radical (unpaired) electrons. The van der Waals surface area contributed by atoms with Crippen molar-refractivity contribution in [2.45, 2.75) is 46.0 Å². The molecule has 0 aromatic heterocycles. The SMILES string of the molecule is CC.CC1=C(C)C2(CCNCC2)c2ccccc21. The van der Waals surface area contributed by atoms with Gasteiger partial charge in [0.15, 0.2) is 0 Å². The van der Waals surface area contributed by atoms with Crippen molar-refractivity contribution >= 4 is 5.57 Å². The second-order valence-electron chi connectivity index (χ2n) is 5.13. The van der Waals surface area contributed by atoms with Gasteiger partial charge in [0.2, 0.25) is 0 Å². The lowest BCUT2D eigenvalue weighted by molar-refractivity contribution is 0.361. The number of hydrogen-bond donors (Lipinski definition) is 1. The summed E-state index contributed by atoms with van der Waals surface area (Å²) in [6.45, 7) is 10.9. The van der Waals surface area contributed by atoms with Gasteiger partial charge in [-0.15, -0.1) is 0 Å². The van der Waals surface area contributed by atoms with E-state index in [1.165, 1.54) is 24.0 Å². The lowest BCUT2D eigenvalue weighted by Crippen LogP contribution is -2.39. The highest BCUT2D eigenvalue weighted by molar-refractivity contribution is 5.78. The van der Waals surface area contributed by atoms with Crippen molar-refractivity contribution in [1.82, 2.24) is 5.32 Å². The molecule has 18 heavy (non-hydrogen) atoms. The molecule has 0 saturated carbocycles. The van der Waals surface area contributed by atoms with E-state index < -0.39 is 0 Å². The van der Waals surface area contributed by atoms with Crippen molar-refractivity contribution < 1.29 is 0 Å². The summed E-state index contributed by atoms with van der Waals surface area (Å²) in [5.74, 6) is 0. The van der Waals surface area contributed by atoms with Crippen LogP contribution in [0.15, 0.2) is 29.8 Å². The molecule has 0 amide bonds. The number of piperidine rings is 1. The molecular formula is C17H25N. The third-order valence-corrected chi connectivity index (χ3v) is 4.58. The zero-order chi connectivity index (χ0) is 13.2. The molecule has 3 rings (SSSR count). The minimum atomic E-state index is 0.353. The first kappa shape index (κ1) is 13.4. The molecule has 0 unspecified atom stereocenters. The van der Waals surface area contributed by atoms with E-state index in [-0.39, 0.29) is 0 Å². The van der Waals surface area contributed by atoms with Crippen LogP contribution >= 0.6 is 0 Å². The molecule has 1 saturated heterocycles. The molecule has 1 heteroatoms. The molecule has 1 spiro atoms. The summed E-state index contributed by atoms with van der Waals surface area (Å²) in [4.78, 5) is 0.